The Hall–Kier alpha value is -3.16. The predicted molar refractivity (Wildman–Crippen MR) is 133 cm³/mol. The summed E-state index contributed by atoms with van der Waals surface area (Å²) in [6.07, 6.45) is 4.43. The van der Waals surface area contributed by atoms with E-state index in [-0.39, 0.29) is 11.9 Å². The number of nitrogens with one attached hydrogen (secondary N) is 2. The van der Waals surface area contributed by atoms with Gasteiger partial charge in [0.15, 0.2) is 0 Å². The van der Waals surface area contributed by atoms with Gasteiger partial charge in [-0.1, -0.05) is 26.0 Å². The average molecular weight is 465 g/mol. The van der Waals surface area contributed by atoms with Crippen molar-refractivity contribution in [2.24, 2.45) is 5.92 Å². The highest BCUT2D eigenvalue weighted by Crippen LogP contribution is 2.19. The van der Waals surface area contributed by atoms with Gasteiger partial charge in [-0.05, 0) is 61.8 Å². The van der Waals surface area contributed by atoms with Crippen LogP contribution in [0.15, 0.2) is 24.3 Å². The molecule has 8 heteroatoms. The third kappa shape index (κ3) is 6.04. The summed E-state index contributed by atoms with van der Waals surface area (Å²) in [5.74, 6) is 1.05. The van der Waals surface area contributed by atoms with Crippen molar-refractivity contribution in [2.45, 2.75) is 59.5 Å². The topological polar surface area (TPSA) is 90.5 Å². The molecule has 0 unspecified atom stereocenters. The van der Waals surface area contributed by atoms with Crippen molar-refractivity contribution < 1.29 is 9.59 Å². The number of anilines is 1. The summed E-state index contributed by atoms with van der Waals surface area (Å²) < 4.78 is 0. The van der Waals surface area contributed by atoms with Crippen molar-refractivity contribution >= 4 is 17.9 Å². The lowest BCUT2D eigenvalue weighted by Gasteiger charge is -2.28. The Balaban J connectivity index is 1.44. The van der Waals surface area contributed by atoms with Crippen LogP contribution in [-0.2, 0) is 19.5 Å². The zero-order valence-corrected chi connectivity index (χ0v) is 20.6. The second kappa shape index (κ2) is 10.8. The summed E-state index contributed by atoms with van der Waals surface area (Å²) in [5.41, 5.74) is 4.46. The zero-order chi connectivity index (χ0) is 24.1. The van der Waals surface area contributed by atoms with Gasteiger partial charge in [-0.2, -0.15) is 0 Å². The number of urea groups is 1. The van der Waals surface area contributed by atoms with Crippen LogP contribution in [0.25, 0.3) is 0 Å². The molecule has 1 saturated heterocycles. The number of hydrogen-bond acceptors (Lipinski definition) is 5. The summed E-state index contributed by atoms with van der Waals surface area (Å²) in [7, 11) is 0. The Bertz CT molecular complexity index is 1030. The van der Waals surface area contributed by atoms with E-state index in [1.165, 1.54) is 19.3 Å². The van der Waals surface area contributed by atoms with Crippen LogP contribution in [0.3, 0.4) is 0 Å². The summed E-state index contributed by atoms with van der Waals surface area (Å²) in [6, 6.07) is 7.70. The summed E-state index contributed by atoms with van der Waals surface area (Å²) >= 11 is 0. The molecule has 1 aromatic carbocycles. The Labute approximate surface area is 202 Å². The van der Waals surface area contributed by atoms with Crippen molar-refractivity contribution in [1.29, 1.82) is 0 Å². The van der Waals surface area contributed by atoms with Crippen LogP contribution in [-0.4, -0.2) is 53.0 Å². The Morgan fingerprint density at radius 3 is 2.74 bits per heavy atom. The molecule has 1 fully saturated rings. The van der Waals surface area contributed by atoms with Crippen LogP contribution >= 0.6 is 0 Å². The molecule has 8 nitrogen and oxygen atoms in total. The third-order valence-electron chi connectivity index (χ3n) is 6.30. The number of amides is 3. The molecule has 34 heavy (non-hydrogen) atoms. The van der Waals surface area contributed by atoms with E-state index in [4.69, 9.17) is 4.98 Å². The van der Waals surface area contributed by atoms with Gasteiger partial charge >= 0.3 is 6.03 Å². The highest BCUT2D eigenvalue weighted by atomic mass is 16.2. The van der Waals surface area contributed by atoms with Gasteiger partial charge in [0.1, 0.15) is 0 Å². The number of aromatic nitrogens is 2. The van der Waals surface area contributed by atoms with Crippen molar-refractivity contribution in [3.8, 4) is 0 Å². The van der Waals surface area contributed by atoms with E-state index in [1.54, 1.807) is 0 Å². The summed E-state index contributed by atoms with van der Waals surface area (Å²) in [6.45, 7) is 10.3. The molecule has 0 radical (unpaired) electrons. The zero-order valence-electron chi connectivity index (χ0n) is 20.6. The average Bonchev–Trinajstić information content (AvgIpc) is 2.82. The molecule has 0 aliphatic carbocycles. The molecular formula is C26H36N6O2. The fourth-order valence-electron chi connectivity index (χ4n) is 4.65. The quantitative estimate of drug-likeness (QED) is 0.655. The number of hydrogen-bond donors (Lipinski definition) is 2. The molecule has 0 spiro atoms. The van der Waals surface area contributed by atoms with E-state index < -0.39 is 0 Å². The van der Waals surface area contributed by atoms with Crippen LogP contribution in [0.2, 0.25) is 0 Å². The normalized spacial score (nSPS) is 15.6. The molecule has 2 aliphatic rings. The van der Waals surface area contributed by atoms with Gasteiger partial charge in [-0.3, -0.25) is 4.79 Å². The molecule has 182 valence electrons. The van der Waals surface area contributed by atoms with Crippen LogP contribution in [0.5, 0.6) is 0 Å². The number of nitrogens with zero attached hydrogens (tertiary/aromatic N) is 4. The van der Waals surface area contributed by atoms with Crippen LogP contribution < -0.4 is 15.5 Å². The minimum Gasteiger partial charge on any atom is -0.352 e. The fourth-order valence-corrected chi connectivity index (χ4v) is 4.65. The van der Waals surface area contributed by atoms with Gasteiger partial charge in [-0.25, -0.2) is 14.8 Å². The summed E-state index contributed by atoms with van der Waals surface area (Å²) in [5, 5.41) is 5.92. The number of carbonyl (C=O) groups excluding carboxylic acids is 2. The number of rotatable bonds is 7. The highest BCUT2D eigenvalue weighted by molar-refractivity contribution is 5.96. The Kier molecular flexibility index (Phi) is 7.65. The molecule has 2 aromatic rings. The minimum atomic E-state index is -0.133. The van der Waals surface area contributed by atoms with E-state index in [0.29, 0.717) is 37.7 Å². The van der Waals surface area contributed by atoms with Gasteiger partial charge in [0.2, 0.25) is 5.95 Å². The van der Waals surface area contributed by atoms with Crippen molar-refractivity contribution in [1.82, 2.24) is 25.5 Å². The number of aryl methyl sites for hydroxylation is 1. The molecule has 1 aromatic heterocycles. The number of benzene rings is 1. The minimum absolute atomic E-state index is 0.0421. The molecule has 0 saturated carbocycles. The lowest BCUT2D eigenvalue weighted by molar-refractivity contribution is 0.0946. The Morgan fingerprint density at radius 2 is 1.97 bits per heavy atom. The van der Waals surface area contributed by atoms with Crippen molar-refractivity contribution in [3.63, 3.8) is 0 Å². The first-order chi connectivity index (χ1) is 16.4. The van der Waals surface area contributed by atoms with Gasteiger partial charge in [0, 0.05) is 44.0 Å². The second-order valence-corrected chi connectivity index (χ2v) is 9.78. The first-order valence-corrected chi connectivity index (χ1v) is 12.4. The first kappa shape index (κ1) is 24.0. The third-order valence-corrected chi connectivity index (χ3v) is 6.30. The molecule has 4 rings (SSSR count). The van der Waals surface area contributed by atoms with Gasteiger partial charge in [0.05, 0.1) is 12.2 Å². The second-order valence-electron chi connectivity index (χ2n) is 9.78. The number of carbonyl (C=O) groups is 2. The lowest BCUT2D eigenvalue weighted by atomic mass is 9.98. The fraction of sp³-hybridized carbons (Fsp3) is 0.538. The van der Waals surface area contributed by atoms with Gasteiger partial charge in [0.25, 0.3) is 5.91 Å². The van der Waals surface area contributed by atoms with E-state index >= 15 is 0 Å². The summed E-state index contributed by atoms with van der Waals surface area (Å²) in [4.78, 5) is 38.8. The number of fused-ring (bicyclic) bond motifs is 1. The van der Waals surface area contributed by atoms with Crippen LogP contribution in [0.4, 0.5) is 10.7 Å². The molecule has 2 aliphatic heterocycles. The van der Waals surface area contributed by atoms with Gasteiger partial charge in [-0.15, -0.1) is 0 Å². The van der Waals surface area contributed by atoms with E-state index in [9.17, 15) is 9.59 Å². The molecule has 3 amide bonds. The maximum atomic E-state index is 13.2. The van der Waals surface area contributed by atoms with E-state index in [0.717, 1.165) is 48.0 Å². The van der Waals surface area contributed by atoms with Gasteiger partial charge < -0.3 is 20.4 Å². The molecular weight excluding hydrogens is 428 g/mol. The predicted octanol–water partition coefficient (Wildman–Crippen LogP) is 3.43. The van der Waals surface area contributed by atoms with E-state index in [2.05, 4.69) is 34.4 Å². The van der Waals surface area contributed by atoms with E-state index in [1.807, 2.05) is 36.1 Å². The first-order valence-electron chi connectivity index (χ1n) is 12.4. The monoisotopic (exact) mass is 464 g/mol. The smallest absolute Gasteiger partial charge is 0.318 e. The van der Waals surface area contributed by atoms with Crippen molar-refractivity contribution in [2.75, 3.05) is 31.1 Å². The molecule has 0 bridgehead atoms. The van der Waals surface area contributed by atoms with Crippen LogP contribution in [0, 0.1) is 12.8 Å². The van der Waals surface area contributed by atoms with Crippen LogP contribution in [0.1, 0.15) is 66.0 Å². The molecule has 2 N–H and O–H groups in total. The molecule has 3 heterocycles. The number of piperidine rings is 1. The maximum absolute atomic E-state index is 13.2. The standard InChI is InChI=1S/C26H36N6O2/c1-18(2)16-32(17-22-13-19(3)29-25(30-22)31-11-5-4-6-12-31)26(34)28-15-20-7-8-21-9-10-27-24(33)23(21)14-20/h7-8,13-14,18H,4-6,9-12,15-17H2,1-3H3,(H,27,33)(H,28,34). The SMILES string of the molecule is Cc1cc(CN(CC(C)C)C(=O)NCc2ccc3c(c2)C(=O)NCC3)nc(N2CCCCC2)n1. The highest BCUT2D eigenvalue weighted by Gasteiger charge is 2.20. The Morgan fingerprint density at radius 1 is 1.18 bits per heavy atom. The maximum Gasteiger partial charge on any atom is 0.318 e. The largest absolute Gasteiger partial charge is 0.352 e. The lowest BCUT2D eigenvalue weighted by Crippen LogP contribution is -2.41. The molecule has 0 atom stereocenters. The van der Waals surface area contributed by atoms with Crippen molar-refractivity contribution in [3.05, 3.63) is 52.3 Å².